The third kappa shape index (κ3) is 4.01. The zero-order chi connectivity index (χ0) is 15.2. The van der Waals surface area contributed by atoms with E-state index in [9.17, 15) is 9.59 Å². The van der Waals surface area contributed by atoms with Gasteiger partial charge in [-0.05, 0) is 25.2 Å². The predicted molar refractivity (Wildman–Crippen MR) is 73.9 cm³/mol. The first-order chi connectivity index (χ1) is 9.44. The number of carbonyl (C=O) groups excluding carboxylic acids is 2. The van der Waals surface area contributed by atoms with Crippen molar-refractivity contribution in [2.45, 2.75) is 12.7 Å². The lowest BCUT2D eigenvalue weighted by molar-refractivity contribution is -0.151. The Morgan fingerprint density at radius 1 is 1.45 bits per heavy atom. The summed E-state index contributed by atoms with van der Waals surface area (Å²) in [5.41, 5.74) is 0.779. The van der Waals surface area contributed by atoms with E-state index < -0.39 is 17.5 Å². The summed E-state index contributed by atoms with van der Waals surface area (Å²) in [7, 11) is 2.63. The van der Waals surface area contributed by atoms with Crippen LogP contribution in [0.3, 0.4) is 0 Å². The molecular formula is C15H18O5. The quantitative estimate of drug-likeness (QED) is 0.320. The molecule has 0 aromatic heterocycles. The second kappa shape index (κ2) is 6.98. The van der Waals surface area contributed by atoms with Crippen LogP contribution < -0.4 is 0 Å². The van der Waals surface area contributed by atoms with Crippen LogP contribution in [0.1, 0.15) is 6.92 Å². The van der Waals surface area contributed by atoms with Crippen LogP contribution in [0.25, 0.3) is 0 Å². The van der Waals surface area contributed by atoms with Gasteiger partial charge in [-0.1, -0.05) is 24.3 Å². The van der Waals surface area contributed by atoms with Gasteiger partial charge in [-0.3, -0.25) is 4.79 Å². The van der Waals surface area contributed by atoms with Crippen LogP contribution in [-0.4, -0.2) is 38.4 Å². The summed E-state index contributed by atoms with van der Waals surface area (Å²) in [5, 5.41) is 0. The first kappa shape index (κ1) is 16.1. The molecule has 0 aliphatic heterocycles. The zero-order valence-corrected chi connectivity index (χ0v) is 11.8. The number of allylic oxidation sites excluding steroid dienone is 3. The average Bonchev–Trinajstić information content (AvgIpc) is 2.44. The summed E-state index contributed by atoms with van der Waals surface area (Å²) in [6.45, 7) is 5.83. The van der Waals surface area contributed by atoms with Crippen LogP contribution in [0.2, 0.25) is 0 Å². The van der Waals surface area contributed by atoms with Gasteiger partial charge < -0.3 is 14.2 Å². The molecule has 0 aromatic rings. The van der Waals surface area contributed by atoms with Crippen molar-refractivity contribution in [1.29, 1.82) is 0 Å². The molecule has 1 aliphatic rings. The number of hydrogen-bond donors (Lipinski definition) is 0. The van der Waals surface area contributed by atoms with Gasteiger partial charge >= 0.3 is 5.97 Å². The number of ketones is 1. The van der Waals surface area contributed by atoms with Gasteiger partial charge in [-0.2, -0.15) is 0 Å². The van der Waals surface area contributed by atoms with E-state index in [0.29, 0.717) is 0 Å². The van der Waals surface area contributed by atoms with E-state index in [2.05, 4.69) is 11.3 Å². The number of esters is 1. The van der Waals surface area contributed by atoms with E-state index in [1.807, 2.05) is 6.92 Å². The van der Waals surface area contributed by atoms with Crippen molar-refractivity contribution in [2.75, 3.05) is 20.8 Å². The molecule has 1 unspecified atom stereocenters. The molecule has 0 amide bonds. The van der Waals surface area contributed by atoms with Gasteiger partial charge in [0.05, 0.1) is 13.7 Å². The standard InChI is InChI=1S/C15H18O5/c1-11(2)6-5-9-20-15(19-4)8-7-13(16)12(10-15)14(17)18-3/h5-8,10H,1,9H2,2-4H3/b6-5+. The molecule has 0 spiro atoms. The molecule has 0 heterocycles. The van der Waals surface area contributed by atoms with E-state index in [0.717, 1.165) is 5.57 Å². The Balaban J connectivity index is 2.89. The van der Waals surface area contributed by atoms with E-state index in [4.69, 9.17) is 9.47 Å². The number of rotatable bonds is 6. The van der Waals surface area contributed by atoms with Crippen molar-refractivity contribution < 1.29 is 23.8 Å². The Labute approximate surface area is 118 Å². The molecule has 0 saturated heterocycles. The van der Waals surface area contributed by atoms with Gasteiger partial charge in [0.1, 0.15) is 5.57 Å². The maximum Gasteiger partial charge on any atom is 0.341 e. The minimum absolute atomic E-state index is 0.110. The maximum atomic E-state index is 11.6. The highest BCUT2D eigenvalue weighted by Crippen LogP contribution is 2.24. The minimum atomic E-state index is -1.25. The lowest BCUT2D eigenvalue weighted by atomic mass is 10.0. The molecule has 1 rings (SSSR count). The molecule has 5 heteroatoms. The normalized spacial score (nSPS) is 21.9. The molecule has 0 radical (unpaired) electrons. The van der Waals surface area contributed by atoms with E-state index in [-0.39, 0.29) is 12.2 Å². The molecule has 0 saturated carbocycles. The van der Waals surface area contributed by atoms with Crippen molar-refractivity contribution in [1.82, 2.24) is 0 Å². The molecule has 0 bridgehead atoms. The Bertz CT molecular complexity index is 498. The summed E-state index contributed by atoms with van der Waals surface area (Å²) in [6, 6.07) is 0. The highest BCUT2D eigenvalue weighted by Gasteiger charge is 2.33. The highest BCUT2D eigenvalue weighted by atomic mass is 16.7. The second-order valence-electron chi connectivity index (χ2n) is 4.23. The van der Waals surface area contributed by atoms with E-state index >= 15 is 0 Å². The van der Waals surface area contributed by atoms with Gasteiger partial charge in [0.2, 0.25) is 5.79 Å². The number of hydrogen-bond acceptors (Lipinski definition) is 5. The third-order valence-electron chi connectivity index (χ3n) is 2.61. The number of methoxy groups -OCH3 is 2. The Kier molecular flexibility index (Phi) is 5.61. The summed E-state index contributed by atoms with van der Waals surface area (Å²) in [6.07, 6.45) is 7.56. The monoisotopic (exact) mass is 278 g/mol. The van der Waals surface area contributed by atoms with Gasteiger partial charge in [-0.15, -0.1) is 0 Å². The SMILES string of the molecule is C=C(C)/C=C/COC1(OC)C=CC(=O)C(C(=O)OC)=C1. The van der Waals surface area contributed by atoms with Crippen LogP contribution in [0.5, 0.6) is 0 Å². The average molecular weight is 278 g/mol. The lowest BCUT2D eigenvalue weighted by Crippen LogP contribution is -2.35. The molecule has 108 valence electrons. The van der Waals surface area contributed by atoms with Gasteiger partial charge in [0.15, 0.2) is 5.78 Å². The summed E-state index contributed by atoms with van der Waals surface area (Å²) in [5.74, 6) is -2.41. The fourth-order valence-electron chi connectivity index (χ4n) is 1.57. The second-order valence-corrected chi connectivity index (χ2v) is 4.23. The third-order valence-corrected chi connectivity index (χ3v) is 2.61. The fraction of sp³-hybridized carbons (Fsp3) is 0.333. The lowest BCUT2D eigenvalue weighted by Gasteiger charge is -2.28. The predicted octanol–water partition coefficient (Wildman–Crippen LogP) is 1.72. The Morgan fingerprint density at radius 3 is 2.70 bits per heavy atom. The van der Waals surface area contributed by atoms with Gasteiger partial charge in [0, 0.05) is 7.11 Å². The molecule has 1 aliphatic carbocycles. The molecule has 1 atom stereocenters. The summed E-state index contributed by atoms with van der Waals surface area (Å²) < 4.78 is 15.4. The first-order valence-electron chi connectivity index (χ1n) is 6.00. The highest BCUT2D eigenvalue weighted by molar-refractivity contribution is 6.22. The number of carbonyl (C=O) groups is 2. The van der Waals surface area contributed by atoms with Crippen LogP contribution in [0.15, 0.2) is 48.1 Å². The first-order valence-corrected chi connectivity index (χ1v) is 6.00. The molecule has 0 aromatic carbocycles. The van der Waals surface area contributed by atoms with Crippen molar-refractivity contribution in [2.24, 2.45) is 0 Å². The van der Waals surface area contributed by atoms with Gasteiger partial charge in [-0.25, -0.2) is 4.79 Å². The zero-order valence-electron chi connectivity index (χ0n) is 11.8. The maximum absolute atomic E-state index is 11.6. The van der Waals surface area contributed by atoms with Crippen molar-refractivity contribution in [3.05, 3.63) is 48.1 Å². The molecule has 5 nitrogen and oxygen atoms in total. The smallest absolute Gasteiger partial charge is 0.341 e. The summed E-state index contributed by atoms with van der Waals surface area (Å²) >= 11 is 0. The van der Waals surface area contributed by atoms with Crippen LogP contribution in [0, 0.1) is 0 Å². The topological polar surface area (TPSA) is 61.8 Å². The van der Waals surface area contributed by atoms with Crippen LogP contribution in [-0.2, 0) is 23.8 Å². The Hall–Kier alpha value is -1.98. The van der Waals surface area contributed by atoms with Crippen molar-refractivity contribution in [3.63, 3.8) is 0 Å². The van der Waals surface area contributed by atoms with E-state index in [1.165, 1.54) is 32.4 Å². The van der Waals surface area contributed by atoms with Crippen molar-refractivity contribution >= 4 is 11.8 Å². The Morgan fingerprint density at radius 2 is 2.15 bits per heavy atom. The van der Waals surface area contributed by atoms with Crippen LogP contribution >= 0.6 is 0 Å². The van der Waals surface area contributed by atoms with E-state index in [1.54, 1.807) is 12.2 Å². The largest absolute Gasteiger partial charge is 0.465 e. The molecule has 20 heavy (non-hydrogen) atoms. The molecule has 0 N–H and O–H groups in total. The minimum Gasteiger partial charge on any atom is -0.465 e. The summed E-state index contributed by atoms with van der Waals surface area (Å²) in [4.78, 5) is 23.1. The fourth-order valence-corrected chi connectivity index (χ4v) is 1.57. The molecular weight excluding hydrogens is 260 g/mol. The number of ether oxygens (including phenoxy) is 3. The van der Waals surface area contributed by atoms with Crippen LogP contribution in [0.4, 0.5) is 0 Å². The van der Waals surface area contributed by atoms with Gasteiger partial charge in [0.25, 0.3) is 0 Å². The van der Waals surface area contributed by atoms with Crippen molar-refractivity contribution in [3.8, 4) is 0 Å². The molecule has 0 fully saturated rings.